The van der Waals surface area contributed by atoms with Crippen LogP contribution in [0.2, 0.25) is 0 Å². The van der Waals surface area contributed by atoms with Crippen LogP contribution in [0.4, 0.5) is 0 Å². The highest BCUT2D eigenvalue weighted by Crippen LogP contribution is 2.21. The summed E-state index contributed by atoms with van der Waals surface area (Å²) in [6.45, 7) is 5.79. The molecule has 1 fully saturated rings. The van der Waals surface area contributed by atoms with Gasteiger partial charge in [-0.05, 0) is 54.1 Å². The topological polar surface area (TPSA) is 32.3 Å². The lowest BCUT2D eigenvalue weighted by Gasteiger charge is -2.36. The van der Waals surface area contributed by atoms with Crippen molar-refractivity contribution in [2.75, 3.05) is 13.1 Å². The zero-order valence-electron chi connectivity index (χ0n) is 10.1. The molecule has 1 atom stereocenters. The highest BCUT2D eigenvalue weighted by Gasteiger charge is 2.30. The molecule has 2 rings (SSSR count). The van der Waals surface area contributed by atoms with Gasteiger partial charge in [-0.3, -0.25) is 4.79 Å². The first-order chi connectivity index (χ1) is 8.09. The van der Waals surface area contributed by atoms with Crippen LogP contribution in [-0.4, -0.2) is 29.9 Å². The zero-order chi connectivity index (χ0) is 12.4. The Labute approximate surface area is 116 Å². The van der Waals surface area contributed by atoms with Crippen LogP contribution in [0.3, 0.4) is 0 Å². The number of rotatable bonds is 2. The predicted octanol–water partition coefficient (Wildman–Crippen LogP) is 2.17. The molecule has 92 valence electrons. The molecule has 0 aliphatic carbocycles. The van der Waals surface area contributed by atoms with E-state index in [9.17, 15) is 4.79 Å². The summed E-state index contributed by atoms with van der Waals surface area (Å²) in [5.74, 6) is 0.187. The minimum absolute atomic E-state index is 0.178. The van der Waals surface area contributed by atoms with Crippen LogP contribution in [0.5, 0.6) is 0 Å². The van der Waals surface area contributed by atoms with Crippen LogP contribution >= 0.6 is 22.6 Å². The molecule has 1 saturated heterocycles. The SMILES string of the molecule is CC(C)N1CCNC(c2ccc(I)cc2)C1=O. The van der Waals surface area contributed by atoms with Crippen LogP contribution in [0.1, 0.15) is 25.5 Å². The lowest BCUT2D eigenvalue weighted by molar-refractivity contribution is -0.137. The van der Waals surface area contributed by atoms with Gasteiger partial charge in [0.1, 0.15) is 6.04 Å². The van der Waals surface area contributed by atoms with Gasteiger partial charge < -0.3 is 10.2 Å². The molecular weight excluding hydrogens is 327 g/mol. The van der Waals surface area contributed by atoms with Crippen LogP contribution in [0.25, 0.3) is 0 Å². The van der Waals surface area contributed by atoms with Crippen molar-refractivity contribution in [2.24, 2.45) is 0 Å². The van der Waals surface area contributed by atoms with E-state index in [1.165, 1.54) is 3.57 Å². The first kappa shape index (κ1) is 12.8. The normalized spacial score (nSPS) is 21.1. The average Bonchev–Trinajstić information content (AvgIpc) is 2.30. The Morgan fingerprint density at radius 1 is 1.35 bits per heavy atom. The molecule has 1 aromatic rings. The summed E-state index contributed by atoms with van der Waals surface area (Å²) in [6.07, 6.45) is 0. The van der Waals surface area contributed by atoms with Crippen molar-refractivity contribution in [1.82, 2.24) is 10.2 Å². The molecule has 0 saturated carbocycles. The second kappa shape index (κ2) is 5.35. The summed E-state index contributed by atoms with van der Waals surface area (Å²) in [4.78, 5) is 14.3. The largest absolute Gasteiger partial charge is 0.337 e. The van der Waals surface area contributed by atoms with Crippen LogP contribution in [-0.2, 0) is 4.79 Å². The van der Waals surface area contributed by atoms with Gasteiger partial charge in [-0.15, -0.1) is 0 Å². The maximum Gasteiger partial charge on any atom is 0.244 e. The minimum atomic E-state index is -0.178. The summed E-state index contributed by atoms with van der Waals surface area (Å²) >= 11 is 2.27. The fourth-order valence-electron chi connectivity index (χ4n) is 2.12. The van der Waals surface area contributed by atoms with Gasteiger partial charge in [0, 0.05) is 22.7 Å². The van der Waals surface area contributed by atoms with Crippen LogP contribution in [0, 0.1) is 3.57 Å². The molecule has 1 unspecified atom stereocenters. The number of hydrogen-bond acceptors (Lipinski definition) is 2. The number of benzene rings is 1. The van der Waals surface area contributed by atoms with E-state index in [0.717, 1.165) is 18.7 Å². The third-order valence-electron chi connectivity index (χ3n) is 3.06. The summed E-state index contributed by atoms with van der Waals surface area (Å²) < 4.78 is 1.19. The maximum absolute atomic E-state index is 12.3. The highest BCUT2D eigenvalue weighted by atomic mass is 127. The third kappa shape index (κ3) is 2.80. The summed E-state index contributed by atoms with van der Waals surface area (Å²) in [5.41, 5.74) is 1.06. The highest BCUT2D eigenvalue weighted by molar-refractivity contribution is 14.1. The number of halogens is 1. The zero-order valence-corrected chi connectivity index (χ0v) is 12.3. The van der Waals surface area contributed by atoms with Crippen molar-refractivity contribution in [3.63, 3.8) is 0 Å². The molecular formula is C13H17IN2O. The molecule has 0 radical (unpaired) electrons. The first-order valence-corrected chi connectivity index (χ1v) is 6.97. The Kier molecular flexibility index (Phi) is 4.04. The lowest BCUT2D eigenvalue weighted by Crippen LogP contribution is -2.52. The van der Waals surface area contributed by atoms with Gasteiger partial charge in [-0.1, -0.05) is 12.1 Å². The summed E-state index contributed by atoms with van der Waals surface area (Å²) in [7, 11) is 0. The molecule has 1 aliphatic rings. The van der Waals surface area contributed by atoms with E-state index in [1.807, 2.05) is 29.2 Å². The number of carbonyl (C=O) groups is 1. The van der Waals surface area contributed by atoms with Gasteiger partial charge in [0.05, 0.1) is 0 Å². The molecule has 0 aromatic heterocycles. The Bertz CT molecular complexity index is 402. The molecule has 0 spiro atoms. The van der Waals surface area contributed by atoms with Gasteiger partial charge in [-0.2, -0.15) is 0 Å². The molecule has 4 heteroatoms. The Hall–Kier alpha value is -0.620. The first-order valence-electron chi connectivity index (χ1n) is 5.89. The standard InChI is InChI=1S/C13H17IN2O/c1-9(2)16-8-7-15-12(13(16)17)10-3-5-11(14)6-4-10/h3-6,9,12,15H,7-8H2,1-2H3. The Morgan fingerprint density at radius 3 is 2.59 bits per heavy atom. The summed E-state index contributed by atoms with van der Waals surface area (Å²) in [5, 5.41) is 3.30. The van der Waals surface area contributed by atoms with Crippen molar-refractivity contribution in [3.8, 4) is 0 Å². The molecule has 1 N–H and O–H groups in total. The quantitative estimate of drug-likeness (QED) is 0.834. The average molecular weight is 344 g/mol. The van der Waals surface area contributed by atoms with Crippen molar-refractivity contribution in [2.45, 2.75) is 25.9 Å². The number of carbonyl (C=O) groups excluding carboxylic acids is 1. The molecule has 0 bridgehead atoms. The fourth-order valence-corrected chi connectivity index (χ4v) is 2.48. The Balaban J connectivity index is 2.20. The summed E-state index contributed by atoms with van der Waals surface area (Å²) in [6, 6.07) is 8.24. The van der Waals surface area contributed by atoms with Crippen molar-refractivity contribution in [1.29, 1.82) is 0 Å². The maximum atomic E-state index is 12.3. The van der Waals surface area contributed by atoms with Crippen LogP contribution in [0.15, 0.2) is 24.3 Å². The molecule has 1 aromatic carbocycles. The van der Waals surface area contributed by atoms with E-state index in [-0.39, 0.29) is 18.0 Å². The number of amides is 1. The van der Waals surface area contributed by atoms with Gasteiger partial charge in [0.25, 0.3) is 0 Å². The van der Waals surface area contributed by atoms with Crippen molar-refractivity contribution in [3.05, 3.63) is 33.4 Å². The predicted molar refractivity (Wildman–Crippen MR) is 76.8 cm³/mol. The number of hydrogen-bond donors (Lipinski definition) is 1. The van der Waals surface area contributed by atoms with Crippen molar-refractivity contribution < 1.29 is 4.79 Å². The van der Waals surface area contributed by atoms with E-state index in [4.69, 9.17) is 0 Å². The second-order valence-corrected chi connectivity index (χ2v) is 5.81. The molecule has 1 amide bonds. The van der Waals surface area contributed by atoms with E-state index in [2.05, 4.69) is 41.8 Å². The second-order valence-electron chi connectivity index (χ2n) is 4.56. The van der Waals surface area contributed by atoms with Gasteiger partial charge in [-0.25, -0.2) is 0 Å². The molecule has 1 heterocycles. The monoisotopic (exact) mass is 344 g/mol. The third-order valence-corrected chi connectivity index (χ3v) is 3.78. The number of nitrogens with zero attached hydrogens (tertiary/aromatic N) is 1. The fraction of sp³-hybridized carbons (Fsp3) is 0.462. The van der Waals surface area contributed by atoms with E-state index < -0.39 is 0 Å². The molecule has 1 aliphatic heterocycles. The van der Waals surface area contributed by atoms with Crippen molar-refractivity contribution >= 4 is 28.5 Å². The number of nitrogens with one attached hydrogen (secondary N) is 1. The molecule has 17 heavy (non-hydrogen) atoms. The number of piperazine rings is 1. The van der Waals surface area contributed by atoms with Gasteiger partial charge in [0.15, 0.2) is 0 Å². The lowest BCUT2D eigenvalue weighted by atomic mass is 10.0. The Morgan fingerprint density at radius 2 is 2.00 bits per heavy atom. The van der Waals surface area contributed by atoms with Gasteiger partial charge >= 0.3 is 0 Å². The van der Waals surface area contributed by atoms with E-state index >= 15 is 0 Å². The molecule has 3 nitrogen and oxygen atoms in total. The van der Waals surface area contributed by atoms with E-state index in [0.29, 0.717) is 0 Å². The van der Waals surface area contributed by atoms with Gasteiger partial charge in [0.2, 0.25) is 5.91 Å². The minimum Gasteiger partial charge on any atom is -0.337 e. The van der Waals surface area contributed by atoms with Crippen LogP contribution < -0.4 is 5.32 Å². The smallest absolute Gasteiger partial charge is 0.244 e. The van der Waals surface area contributed by atoms with E-state index in [1.54, 1.807) is 0 Å².